The summed E-state index contributed by atoms with van der Waals surface area (Å²) in [5.41, 5.74) is 4.53. The van der Waals surface area contributed by atoms with Crippen LogP contribution in [0.3, 0.4) is 0 Å². The van der Waals surface area contributed by atoms with Crippen molar-refractivity contribution in [3.8, 4) is 0 Å². The highest BCUT2D eigenvalue weighted by atomic mass is 16.5. The topological polar surface area (TPSA) is 49.7 Å². The number of rotatable bonds is 5. The molecule has 0 radical (unpaired) electrons. The molecular formula is C22H26N4O2. The molecule has 28 heavy (non-hydrogen) atoms. The molecular weight excluding hydrogens is 352 g/mol. The van der Waals surface area contributed by atoms with Gasteiger partial charge in [0.2, 0.25) is 0 Å². The maximum Gasteiger partial charge on any atom is 0.0642 e. The zero-order valence-corrected chi connectivity index (χ0v) is 16.0. The summed E-state index contributed by atoms with van der Waals surface area (Å²) in [4.78, 5) is 4.67. The molecule has 0 bridgehead atoms. The number of benzene rings is 2. The van der Waals surface area contributed by atoms with E-state index in [9.17, 15) is 0 Å². The molecule has 2 aliphatic heterocycles. The van der Waals surface area contributed by atoms with Crippen LogP contribution < -0.4 is 9.80 Å². The Morgan fingerprint density at radius 1 is 0.571 bits per heavy atom. The first kappa shape index (κ1) is 18.7. The van der Waals surface area contributed by atoms with Crippen molar-refractivity contribution in [1.29, 1.82) is 0 Å². The van der Waals surface area contributed by atoms with Crippen LogP contribution in [0.4, 0.5) is 11.4 Å². The van der Waals surface area contributed by atoms with Crippen molar-refractivity contribution in [2.24, 2.45) is 10.2 Å². The SMILES string of the molecule is C(=N\N=C\c1ccc(N2CCOCC2)cc1)/c1ccc(N2CCOCC2)cc1. The molecule has 0 aliphatic carbocycles. The van der Waals surface area contributed by atoms with Gasteiger partial charge in [-0.05, 0) is 35.4 Å². The predicted molar refractivity (Wildman–Crippen MR) is 114 cm³/mol. The lowest BCUT2D eigenvalue weighted by atomic mass is 10.2. The Morgan fingerprint density at radius 3 is 1.29 bits per heavy atom. The molecule has 2 aromatic carbocycles. The van der Waals surface area contributed by atoms with Crippen LogP contribution in [0.1, 0.15) is 11.1 Å². The lowest BCUT2D eigenvalue weighted by molar-refractivity contribution is 0.122. The van der Waals surface area contributed by atoms with Gasteiger partial charge in [-0.1, -0.05) is 24.3 Å². The zero-order valence-electron chi connectivity index (χ0n) is 16.0. The monoisotopic (exact) mass is 378 g/mol. The number of morpholine rings is 2. The summed E-state index contributed by atoms with van der Waals surface area (Å²) < 4.78 is 10.8. The minimum absolute atomic E-state index is 0.797. The Hall–Kier alpha value is -2.70. The number of anilines is 2. The predicted octanol–water partition coefficient (Wildman–Crippen LogP) is 2.81. The molecule has 2 fully saturated rings. The van der Waals surface area contributed by atoms with Crippen molar-refractivity contribution >= 4 is 23.8 Å². The van der Waals surface area contributed by atoms with Gasteiger partial charge in [-0.15, -0.1) is 0 Å². The molecule has 0 amide bonds. The summed E-state index contributed by atoms with van der Waals surface area (Å²) >= 11 is 0. The van der Waals surface area contributed by atoms with Crippen LogP contribution in [-0.2, 0) is 9.47 Å². The van der Waals surface area contributed by atoms with Crippen LogP contribution in [0, 0.1) is 0 Å². The van der Waals surface area contributed by atoms with Gasteiger partial charge < -0.3 is 19.3 Å². The lowest BCUT2D eigenvalue weighted by Crippen LogP contribution is -2.36. The van der Waals surface area contributed by atoms with Gasteiger partial charge in [-0.25, -0.2) is 0 Å². The van der Waals surface area contributed by atoms with E-state index >= 15 is 0 Å². The smallest absolute Gasteiger partial charge is 0.0642 e. The highest BCUT2D eigenvalue weighted by Crippen LogP contribution is 2.17. The average molecular weight is 378 g/mol. The van der Waals surface area contributed by atoms with Crippen molar-refractivity contribution in [2.45, 2.75) is 0 Å². The highest BCUT2D eigenvalue weighted by molar-refractivity contribution is 5.83. The fourth-order valence-electron chi connectivity index (χ4n) is 3.39. The molecule has 2 aliphatic rings. The molecule has 0 atom stereocenters. The number of ether oxygens (including phenoxy) is 2. The quantitative estimate of drug-likeness (QED) is 0.593. The third kappa shape index (κ3) is 4.97. The fraction of sp³-hybridized carbons (Fsp3) is 0.364. The van der Waals surface area contributed by atoms with Gasteiger partial charge in [0.25, 0.3) is 0 Å². The molecule has 6 heteroatoms. The van der Waals surface area contributed by atoms with E-state index in [0.717, 1.165) is 63.7 Å². The van der Waals surface area contributed by atoms with E-state index in [0.29, 0.717) is 0 Å². The first-order valence-electron chi connectivity index (χ1n) is 9.80. The molecule has 0 N–H and O–H groups in total. The molecule has 0 saturated carbocycles. The highest BCUT2D eigenvalue weighted by Gasteiger charge is 2.11. The standard InChI is InChI=1S/C22H26N4O2/c1-5-21(25-9-13-27-14-10-25)6-2-19(1)17-23-24-18-20-3-7-22(8-4-20)26-11-15-28-16-12-26/h1-8,17-18H,9-16H2/b23-17+,24-18+. The Labute approximate surface area is 166 Å². The molecule has 146 valence electrons. The van der Waals surface area contributed by atoms with E-state index in [1.54, 1.807) is 12.4 Å². The van der Waals surface area contributed by atoms with Crippen molar-refractivity contribution in [2.75, 3.05) is 62.4 Å². The Kier molecular flexibility index (Phi) is 6.32. The van der Waals surface area contributed by atoms with Crippen LogP contribution in [0.5, 0.6) is 0 Å². The van der Waals surface area contributed by atoms with Gasteiger partial charge in [0, 0.05) is 37.6 Å². The van der Waals surface area contributed by atoms with E-state index in [2.05, 4.69) is 68.5 Å². The first-order chi connectivity index (χ1) is 13.9. The zero-order chi connectivity index (χ0) is 19.0. The van der Waals surface area contributed by atoms with Crippen molar-refractivity contribution < 1.29 is 9.47 Å². The summed E-state index contributed by atoms with van der Waals surface area (Å²) in [5, 5.41) is 8.35. The Bertz CT molecular complexity index is 721. The minimum Gasteiger partial charge on any atom is -0.378 e. The molecule has 0 unspecified atom stereocenters. The maximum absolute atomic E-state index is 5.40. The third-order valence-corrected chi connectivity index (χ3v) is 5.02. The molecule has 6 nitrogen and oxygen atoms in total. The molecule has 2 heterocycles. The van der Waals surface area contributed by atoms with Gasteiger partial charge in [0.05, 0.1) is 38.9 Å². The normalized spacial score (nSPS) is 18.3. The van der Waals surface area contributed by atoms with Gasteiger partial charge >= 0.3 is 0 Å². The van der Waals surface area contributed by atoms with Crippen LogP contribution >= 0.6 is 0 Å². The van der Waals surface area contributed by atoms with E-state index in [1.807, 2.05) is 0 Å². The second-order valence-corrected chi connectivity index (χ2v) is 6.87. The van der Waals surface area contributed by atoms with Crippen LogP contribution in [0.25, 0.3) is 0 Å². The Morgan fingerprint density at radius 2 is 0.929 bits per heavy atom. The molecule has 4 rings (SSSR count). The van der Waals surface area contributed by atoms with E-state index in [-0.39, 0.29) is 0 Å². The summed E-state index contributed by atoms with van der Waals surface area (Å²) in [7, 11) is 0. The van der Waals surface area contributed by atoms with E-state index < -0.39 is 0 Å². The van der Waals surface area contributed by atoms with Gasteiger partial charge in [-0.2, -0.15) is 10.2 Å². The van der Waals surface area contributed by atoms with Crippen LogP contribution in [-0.4, -0.2) is 65.0 Å². The molecule has 0 aromatic heterocycles. The number of hydrogen-bond donors (Lipinski definition) is 0. The second-order valence-electron chi connectivity index (χ2n) is 6.87. The lowest BCUT2D eigenvalue weighted by Gasteiger charge is -2.28. The van der Waals surface area contributed by atoms with Gasteiger partial charge in [0.1, 0.15) is 0 Å². The van der Waals surface area contributed by atoms with E-state index in [1.165, 1.54) is 11.4 Å². The first-order valence-corrected chi connectivity index (χ1v) is 9.80. The summed E-state index contributed by atoms with van der Waals surface area (Å²) in [6.07, 6.45) is 3.56. The third-order valence-electron chi connectivity index (χ3n) is 5.02. The molecule has 2 aromatic rings. The minimum atomic E-state index is 0.797. The molecule has 2 saturated heterocycles. The van der Waals surface area contributed by atoms with Gasteiger partial charge in [-0.3, -0.25) is 0 Å². The van der Waals surface area contributed by atoms with Crippen LogP contribution in [0.2, 0.25) is 0 Å². The summed E-state index contributed by atoms with van der Waals surface area (Å²) in [5.74, 6) is 0. The van der Waals surface area contributed by atoms with Gasteiger partial charge in [0.15, 0.2) is 0 Å². The average Bonchev–Trinajstić information content (AvgIpc) is 2.79. The number of nitrogens with zero attached hydrogens (tertiary/aromatic N) is 4. The van der Waals surface area contributed by atoms with Crippen molar-refractivity contribution in [3.63, 3.8) is 0 Å². The van der Waals surface area contributed by atoms with Crippen molar-refractivity contribution in [1.82, 2.24) is 0 Å². The molecule has 0 spiro atoms. The van der Waals surface area contributed by atoms with Crippen molar-refractivity contribution in [3.05, 3.63) is 59.7 Å². The number of hydrogen-bond acceptors (Lipinski definition) is 6. The second kappa shape index (κ2) is 9.48. The maximum atomic E-state index is 5.40. The Balaban J connectivity index is 1.30. The fourth-order valence-corrected chi connectivity index (χ4v) is 3.39. The largest absolute Gasteiger partial charge is 0.378 e. The summed E-state index contributed by atoms with van der Waals surface area (Å²) in [6, 6.07) is 16.8. The van der Waals surface area contributed by atoms with E-state index in [4.69, 9.17) is 9.47 Å². The summed E-state index contributed by atoms with van der Waals surface area (Å²) in [6.45, 7) is 6.97. The van der Waals surface area contributed by atoms with Crippen LogP contribution in [0.15, 0.2) is 58.7 Å².